The van der Waals surface area contributed by atoms with Gasteiger partial charge in [0, 0.05) is 12.6 Å². The zero-order chi connectivity index (χ0) is 9.84. The van der Waals surface area contributed by atoms with Crippen molar-refractivity contribution in [3.05, 3.63) is 0 Å². The van der Waals surface area contributed by atoms with Crippen molar-refractivity contribution in [2.24, 2.45) is 0 Å². The molecule has 1 aliphatic heterocycles. The number of halogens is 1. The van der Waals surface area contributed by atoms with Gasteiger partial charge in [0.15, 0.2) is 0 Å². The molecule has 1 N–H and O–H groups in total. The van der Waals surface area contributed by atoms with E-state index in [4.69, 9.17) is 16.3 Å². The highest BCUT2D eigenvalue weighted by atomic mass is 35.5. The van der Waals surface area contributed by atoms with Crippen LogP contribution in [0.2, 0.25) is 0 Å². The van der Waals surface area contributed by atoms with Crippen molar-refractivity contribution in [3.8, 4) is 0 Å². The first-order valence-electron chi connectivity index (χ1n) is 4.65. The number of rotatable bonds is 2. The van der Waals surface area contributed by atoms with Crippen LogP contribution in [-0.2, 0) is 9.53 Å². The summed E-state index contributed by atoms with van der Waals surface area (Å²) in [6.45, 7) is 4.42. The predicted octanol–water partition coefficient (Wildman–Crippen LogP) is 1.30. The van der Waals surface area contributed by atoms with Crippen LogP contribution in [0.25, 0.3) is 0 Å². The minimum Gasteiger partial charge on any atom is -0.378 e. The Hall–Kier alpha value is -0.280. The molecule has 1 aliphatic rings. The largest absolute Gasteiger partial charge is 0.378 e. The van der Waals surface area contributed by atoms with E-state index in [2.05, 4.69) is 5.32 Å². The van der Waals surface area contributed by atoms with Gasteiger partial charge in [-0.1, -0.05) is 0 Å². The van der Waals surface area contributed by atoms with Crippen molar-refractivity contribution in [1.29, 1.82) is 0 Å². The van der Waals surface area contributed by atoms with Crippen molar-refractivity contribution >= 4 is 17.5 Å². The van der Waals surface area contributed by atoms with Gasteiger partial charge in [0.25, 0.3) is 0 Å². The lowest BCUT2D eigenvalue weighted by molar-refractivity contribution is -0.122. The fourth-order valence-corrected chi connectivity index (χ4v) is 1.51. The molecule has 1 rings (SSSR count). The van der Waals surface area contributed by atoms with Gasteiger partial charge in [-0.25, -0.2) is 0 Å². The second-order valence-corrected chi connectivity index (χ2v) is 4.18. The molecule has 0 aromatic heterocycles. The Bertz CT molecular complexity index is 184. The molecule has 0 aromatic carbocycles. The molecule has 76 valence electrons. The first-order valence-corrected chi connectivity index (χ1v) is 5.09. The van der Waals surface area contributed by atoms with Crippen molar-refractivity contribution in [2.75, 3.05) is 6.61 Å². The molecule has 13 heavy (non-hydrogen) atoms. The van der Waals surface area contributed by atoms with Gasteiger partial charge in [-0.3, -0.25) is 4.79 Å². The Morgan fingerprint density at radius 3 is 2.92 bits per heavy atom. The Morgan fingerprint density at radius 2 is 2.38 bits per heavy atom. The van der Waals surface area contributed by atoms with Crippen LogP contribution in [0, 0.1) is 0 Å². The fourth-order valence-electron chi connectivity index (χ4n) is 1.45. The molecule has 1 amide bonds. The van der Waals surface area contributed by atoms with Gasteiger partial charge < -0.3 is 10.1 Å². The average molecular weight is 206 g/mol. The lowest BCUT2D eigenvalue weighted by Crippen LogP contribution is -2.43. The monoisotopic (exact) mass is 205 g/mol. The van der Waals surface area contributed by atoms with Crippen LogP contribution in [0.4, 0.5) is 0 Å². The van der Waals surface area contributed by atoms with Crippen LogP contribution in [0.15, 0.2) is 0 Å². The van der Waals surface area contributed by atoms with Crippen LogP contribution in [0.5, 0.6) is 0 Å². The van der Waals surface area contributed by atoms with E-state index in [0.29, 0.717) is 0 Å². The Kier molecular flexibility index (Phi) is 4.00. The van der Waals surface area contributed by atoms with Gasteiger partial charge in [0.1, 0.15) is 5.38 Å². The predicted molar refractivity (Wildman–Crippen MR) is 51.9 cm³/mol. The van der Waals surface area contributed by atoms with Crippen LogP contribution >= 0.6 is 11.6 Å². The molecule has 0 radical (unpaired) electrons. The summed E-state index contributed by atoms with van der Waals surface area (Å²) in [5, 5.41) is 2.45. The SMILES string of the molecule is CC1CC(NC(=O)C(C)Cl)CCO1. The maximum Gasteiger partial charge on any atom is 0.237 e. The van der Waals surface area contributed by atoms with Crippen molar-refractivity contribution in [2.45, 2.75) is 44.2 Å². The molecular formula is C9H16ClNO2. The standard InChI is InChI=1S/C9H16ClNO2/c1-6-5-8(3-4-13-6)11-9(12)7(2)10/h6-8H,3-5H2,1-2H3,(H,11,12). The van der Waals surface area contributed by atoms with E-state index in [1.165, 1.54) is 0 Å². The minimum absolute atomic E-state index is 0.0826. The quantitative estimate of drug-likeness (QED) is 0.691. The molecule has 0 aromatic rings. The van der Waals surface area contributed by atoms with E-state index in [9.17, 15) is 4.79 Å². The van der Waals surface area contributed by atoms with E-state index in [0.717, 1.165) is 19.4 Å². The fraction of sp³-hybridized carbons (Fsp3) is 0.889. The third-order valence-electron chi connectivity index (χ3n) is 2.19. The first kappa shape index (κ1) is 10.8. The lowest BCUT2D eigenvalue weighted by Gasteiger charge is -2.28. The molecule has 1 heterocycles. The molecule has 0 spiro atoms. The number of carbonyl (C=O) groups is 1. The summed E-state index contributed by atoms with van der Waals surface area (Å²) in [5.74, 6) is -0.0826. The molecule has 3 atom stereocenters. The third-order valence-corrected chi connectivity index (χ3v) is 2.39. The number of carbonyl (C=O) groups excluding carboxylic acids is 1. The highest BCUT2D eigenvalue weighted by molar-refractivity contribution is 6.30. The molecule has 0 aliphatic carbocycles. The summed E-state index contributed by atoms with van der Waals surface area (Å²) in [5.41, 5.74) is 0. The topological polar surface area (TPSA) is 38.3 Å². The summed E-state index contributed by atoms with van der Waals surface area (Å²) in [7, 11) is 0. The molecule has 1 fully saturated rings. The van der Waals surface area contributed by atoms with Crippen LogP contribution < -0.4 is 5.32 Å². The smallest absolute Gasteiger partial charge is 0.237 e. The van der Waals surface area contributed by atoms with Crippen LogP contribution in [-0.4, -0.2) is 30.0 Å². The van der Waals surface area contributed by atoms with Crippen molar-refractivity contribution < 1.29 is 9.53 Å². The zero-order valence-corrected chi connectivity index (χ0v) is 8.80. The zero-order valence-electron chi connectivity index (χ0n) is 8.05. The van der Waals surface area contributed by atoms with Crippen LogP contribution in [0.3, 0.4) is 0 Å². The van der Waals surface area contributed by atoms with Crippen molar-refractivity contribution in [3.63, 3.8) is 0 Å². The normalized spacial score (nSPS) is 31.0. The van der Waals surface area contributed by atoms with E-state index in [1.807, 2.05) is 6.92 Å². The molecule has 0 saturated carbocycles. The maximum absolute atomic E-state index is 11.2. The summed E-state index contributed by atoms with van der Waals surface area (Å²) in [4.78, 5) is 11.2. The van der Waals surface area contributed by atoms with E-state index < -0.39 is 5.38 Å². The summed E-state index contributed by atoms with van der Waals surface area (Å²) in [6.07, 6.45) is 2.01. The lowest BCUT2D eigenvalue weighted by atomic mass is 10.0. The molecule has 3 nitrogen and oxygen atoms in total. The Morgan fingerprint density at radius 1 is 1.69 bits per heavy atom. The van der Waals surface area contributed by atoms with Crippen LogP contribution in [0.1, 0.15) is 26.7 Å². The summed E-state index contributed by atoms with van der Waals surface area (Å²) in [6, 6.07) is 0.234. The van der Waals surface area contributed by atoms with E-state index in [1.54, 1.807) is 6.92 Å². The summed E-state index contributed by atoms with van der Waals surface area (Å²) >= 11 is 5.64. The first-order chi connectivity index (χ1) is 6.09. The van der Waals surface area contributed by atoms with Crippen molar-refractivity contribution in [1.82, 2.24) is 5.32 Å². The number of hydrogen-bond acceptors (Lipinski definition) is 2. The van der Waals surface area contributed by atoms with E-state index in [-0.39, 0.29) is 18.1 Å². The van der Waals surface area contributed by atoms with Gasteiger partial charge in [-0.05, 0) is 26.7 Å². The molecule has 1 saturated heterocycles. The van der Waals surface area contributed by atoms with Gasteiger partial charge in [0.05, 0.1) is 6.10 Å². The number of alkyl halides is 1. The second kappa shape index (κ2) is 4.82. The van der Waals surface area contributed by atoms with Gasteiger partial charge in [-0.2, -0.15) is 0 Å². The maximum atomic E-state index is 11.2. The molecular weight excluding hydrogens is 190 g/mol. The molecule has 3 unspecified atom stereocenters. The minimum atomic E-state index is -0.446. The van der Waals surface area contributed by atoms with E-state index >= 15 is 0 Å². The molecule has 4 heteroatoms. The average Bonchev–Trinajstić information content (AvgIpc) is 2.04. The van der Waals surface area contributed by atoms with Gasteiger partial charge in [-0.15, -0.1) is 11.6 Å². The number of hydrogen-bond donors (Lipinski definition) is 1. The second-order valence-electron chi connectivity index (χ2n) is 3.53. The number of ether oxygens (including phenoxy) is 1. The Labute approximate surface area is 83.8 Å². The summed E-state index contributed by atoms with van der Waals surface area (Å²) < 4.78 is 5.37. The number of nitrogens with one attached hydrogen (secondary N) is 1. The van der Waals surface area contributed by atoms with Gasteiger partial charge >= 0.3 is 0 Å². The number of amides is 1. The third kappa shape index (κ3) is 3.53. The molecule has 0 bridgehead atoms. The highest BCUT2D eigenvalue weighted by Gasteiger charge is 2.22. The Balaban J connectivity index is 2.31. The highest BCUT2D eigenvalue weighted by Crippen LogP contribution is 2.13. The van der Waals surface area contributed by atoms with Gasteiger partial charge in [0.2, 0.25) is 5.91 Å².